The van der Waals surface area contributed by atoms with E-state index in [4.69, 9.17) is 10.5 Å². The first-order chi connectivity index (χ1) is 5.77. The number of nitrogens with two attached hydrogens (primary N) is 1. The van der Waals surface area contributed by atoms with Crippen molar-refractivity contribution in [3.05, 3.63) is 20.8 Å². The molecule has 0 radical (unpaired) electrons. The van der Waals surface area contributed by atoms with E-state index >= 15 is 0 Å². The Bertz CT molecular complexity index is 239. The first-order valence-electron chi connectivity index (χ1n) is 3.76. The van der Waals surface area contributed by atoms with Gasteiger partial charge in [-0.2, -0.15) is 0 Å². The van der Waals surface area contributed by atoms with E-state index in [9.17, 15) is 0 Å². The lowest BCUT2D eigenvalue weighted by molar-refractivity contribution is 0.101. The van der Waals surface area contributed by atoms with Crippen LogP contribution in [0.5, 0.6) is 0 Å². The predicted molar refractivity (Wildman–Crippen MR) is 55.4 cm³/mol. The molecule has 0 bridgehead atoms. The van der Waals surface area contributed by atoms with E-state index in [2.05, 4.69) is 22.0 Å². The van der Waals surface area contributed by atoms with Crippen LogP contribution in [-0.2, 0) is 4.74 Å². The third-order valence-electron chi connectivity index (χ3n) is 1.62. The zero-order valence-electron chi connectivity index (χ0n) is 6.92. The summed E-state index contributed by atoms with van der Waals surface area (Å²) in [7, 11) is 1.72. The third-order valence-corrected chi connectivity index (χ3v) is 3.34. The Morgan fingerprint density at radius 3 is 2.83 bits per heavy atom. The molecule has 0 fully saturated rings. The maximum atomic E-state index is 5.46. The topological polar surface area (TPSA) is 35.2 Å². The fourth-order valence-electron chi connectivity index (χ4n) is 1.03. The Morgan fingerprint density at radius 2 is 2.42 bits per heavy atom. The summed E-state index contributed by atoms with van der Waals surface area (Å²) in [6.45, 7) is 0.661. The molecular formula is C8H12BrNOS. The Morgan fingerprint density at radius 1 is 1.67 bits per heavy atom. The van der Waals surface area contributed by atoms with Crippen LogP contribution in [0.3, 0.4) is 0 Å². The molecule has 4 heteroatoms. The van der Waals surface area contributed by atoms with Crippen LogP contribution in [0.2, 0.25) is 0 Å². The van der Waals surface area contributed by atoms with Gasteiger partial charge in [0.05, 0.1) is 9.89 Å². The van der Waals surface area contributed by atoms with Crippen molar-refractivity contribution in [2.24, 2.45) is 5.73 Å². The number of methoxy groups -OCH3 is 1. The summed E-state index contributed by atoms with van der Waals surface area (Å²) < 4.78 is 6.44. The molecule has 0 spiro atoms. The maximum Gasteiger partial charge on any atom is 0.0925 e. The molecule has 1 heterocycles. The fraction of sp³-hybridized carbons (Fsp3) is 0.500. The van der Waals surface area contributed by atoms with Crippen molar-refractivity contribution in [3.63, 3.8) is 0 Å². The summed E-state index contributed by atoms with van der Waals surface area (Å²) >= 11 is 5.11. The number of rotatable bonds is 4. The highest BCUT2D eigenvalue weighted by atomic mass is 79.9. The van der Waals surface area contributed by atoms with Crippen LogP contribution in [0, 0.1) is 0 Å². The van der Waals surface area contributed by atoms with Gasteiger partial charge in [0.25, 0.3) is 0 Å². The molecule has 0 aliphatic heterocycles. The lowest BCUT2D eigenvalue weighted by atomic mass is 10.2. The van der Waals surface area contributed by atoms with E-state index < -0.39 is 0 Å². The number of hydrogen-bond acceptors (Lipinski definition) is 3. The largest absolute Gasteiger partial charge is 0.376 e. The minimum absolute atomic E-state index is 0.159. The van der Waals surface area contributed by atoms with Crippen LogP contribution >= 0.6 is 27.3 Å². The molecule has 68 valence electrons. The van der Waals surface area contributed by atoms with Crippen molar-refractivity contribution in [3.8, 4) is 0 Å². The minimum Gasteiger partial charge on any atom is -0.376 e. The fourth-order valence-corrected chi connectivity index (χ4v) is 2.56. The second-order valence-corrected chi connectivity index (χ2v) is 4.94. The first-order valence-corrected chi connectivity index (χ1v) is 5.37. The van der Waals surface area contributed by atoms with Gasteiger partial charge in [0.2, 0.25) is 0 Å². The Labute approximate surface area is 84.9 Å². The van der Waals surface area contributed by atoms with Crippen LogP contribution < -0.4 is 5.73 Å². The van der Waals surface area contributed by atoms with Gasteiger partial charge in [-0.25, -0.2) is 0 Å². The van der Waals surface area contributed by atoms with Crippen molar-refractivity contribution in [2.45, 2.75) is 12.5 Å². The highest BCUT2D eigenvalue weighted by molar-refractivity contribution is 9.11. The minimum atomic E-state index is 0.159. The second-order valence-electron chi connectivity index (χ2n) is 2.44. The van der Waals surface area contributed by atoms with Crippen LogP contribution in [0.1, 0.15) is 17.4 Å². The Hall–Kier alpha value is 0.1000. The first kappa shape index (κ1) is 10.2. The molecule has 0 saturated carbocycles. The lowest BCUT2D eigenvalue weighted by Gasteiger charge is -2.11. The summed E-state index contributed by atoms with van der Waals surface area (Å²) in [4.78, 5) is 1.23. The van der Waals surface area contributed by atoms with E-state index in [1.165, 1.54) is 4.88 Å². The van der Waals surface area contributed by atoms with Gasteiger partial charge in [-0.05, 0) is 41.0 Å². The SMILES string of the molecule is COC(CCN)c1ccc(Br)s1. The summed E-state index contributed by atoms with van der Waals surface area (Å²) in [5, 5.41) is 0. The van der Waals surface area contributed by atoms with Crippen LogP contribution in [0.15, 0.2) is 15.9 Å². The molecule has 1 rings (SSSR count). The average Bonchev–Trinajstić information content (AvgIpc) is 2.47. The standard InChI is InChI=1S/C8H12BrNOS/c1-11-6(4-5-10)7-2-3-8(9)12-7/h2-3,6H,4-5,10H2,1H3. The Kier molecular flexibility index (Phi) is 4.21. The number of ether oxygens (including phenoxy) is 1. The van der Waals surface area contributed by atoms with Crippen molar-refractivity contribution in [1.29, 1.82) is 0 Å². The number of thiophene rings is 1. The second kappa shape index (κ2) is 4.97. The molecule has 0 amide bonds. The smallest absolute Gasteiger partial charge is 0.0925 e. The summed E-state index contributed by atoms with van der Waals surface area (Å²) in [6.07, 6.45) is 1.04. The molecule has 1 atom stereocenters. The van der Waals surface area contributed by atoms with Crippen molar-refractivity contribution < 1.29 is 4.74 Å². The van der Waals surface area contributed by atoms with Crippen molar-refractivity contribution in [2.75, 3.05) is 13.7 Å². The van der Waals surface area contributed by atoms with Gasteiger partial charge in [-0.1, -0.05) is 0 Å². The molecule has 0 aliphatic carbocycles. The molecular weight excluding hydrogens is 238 g/mol. The number of hydrogen-bond donors (Lipinski definition) is 1. The molecule has 0 saturated heterocycles. The number of halogens is 1. The highest BCUT2D eigenvalue weighted by Gasteiger charge is 2.10. The predicted octanol–water partition coefficient (Wildman–Crippen LogP) is 2.55. The summed E-state index contributed by atoms with van der Waals surface area (Å²) in [6, 6.07) is 4.10. The molecule has 0 aliphatic rings. The molecule has 1 unspecified atom stereocenters. The quantitative estimate of drug-likeness (QED) is 0.891. The molecule has 1 aromatic rings. The molecule has 2 nitrogen and oxygen atoms in total. The van der Waals surface area contributed by atoms with Gasteiger partial charge in [0, 0.05) is 12.0 Å². The molecule has 12 heavy (non-hydrogen) atoms. The Balaban J connectivity index is 2.66. The van der Waals surface area contributed by atoms with E-state index in [0.29, 0.717) is 6.54 Å². The van der Waals surface area contributed by atoms with Crippen LogP contribution in [0.25, 0.3) is 0 Å². The van der Waals surface area contributed by atoms with E-state index in [1.807, 2.05) is 6.07 Å². The van der Waals surface area contributed by atoms with Crippen molar-refractivity contribution >= 4 is 27.3 Å². The third kappa shape index (κ3) is 2.55. The average molecular weight is 250 g/mol. The summed E-state index contributed by atoms with van der Waals surface area (Å²) in [5.74, 6) is 0. The zero-order valence-corrected chi connectivity index (χ0v) is 9.32. The van der Waals surface area contributed by atoms with Gasteiger partial charge in [-0.15, -0.1) is 11.3 Å². The van der Waals surface area contributed by atoms with Crippen LogP contribution in [-0.4, -0.2) is 13.7 Å². The van der Waals surface area contributed by atoms with Crippen molar-refractivity contribution in [1.82, 2.24) is 0 Å². The van der Waals surface area contributed by atoms with E-state index in [0.717, 1.165) is 10.2 Å². The van der Waals surface area contributed by atoms with E-state index in [-0.39, 0.29) is 6.10 Å². The maximum absolute atomic E-state index is 5.46. The zero-order chi connectivity index (χ0) is 8.97. The normalized spacial score (nSPS) is 13.2. The highest BCUT2D eigenvalue weighted by Crippen LogP contribution is 2.30. The van der Waals surface area contributed by atoms with Gasteiger partial charge in [0.1, 0.15) is 0 Å². The molecule has 1 aromatic heterocycles. The summed E-state index contributed by atoms with van der Waals surface area (Å²) in [5.41, 5.74) is 5.46. The van der Waals surface area contributed by atoms with E-state index in [1.54, 1.807) is 18.4 Å². The molecule has 2 N–H and O–H groups in total. The molecule has 0 aromatic carbocycles. The van der Waals surface area contributed by atoms with Gasteiger partial charge in [-0.3, -0.25) is 0 Å². The van der Waals surface area contributed by atoms with Crippen LogP contribution in [0.4, 0.5) is 0 Å². The van der Waals surface area contributed by atoms with Gasteiger partial charge < -0.3 is 10.5 Å². The monoisotopic (exact) mass is 249 g/mol. The van der Waals surface area contributed by atoms with Gasteiger partial charge in [0.15, 0.2) is 0 Å². The van der Waals surface area contributed by atoms with Gasteiger partial charge >= 0.3 is 0 Å². The lowest BCUT2D eigenvalue weighted by Crippen LogP contribution is -2.07.